The van der Waals surface area contributed by atoms with Crippen LogP contribution in [0.4, 0.5) is 0 Å². The Morgan fingerprint density at radius 2 is 0.636 bits per heavy atom. The van der Waals surface area contributed by atoms with Gasteiger partial charge in [0.1, 0.15) is 0 Å². The fourth-order valence-electron chi connectivity index (χ4n) is 8.38. The number of nitrogens with one attached hydrogen (secondary N) is 1. The lowest BCUT2D eigenvalue weighted by Crippen LogP contribution is -2.13. The molecule has 5 nitrogen and oxygen atoms in total. The fraction of sp³-hybridized carbons (Fsp3) is 0.960. The van der Waals surface area contributed by atoms with Gasteiger partial charge in [0.05, 0.1) is 13.2 Å². The van der Waals surface area contributed by atoms with Crippen LogP contribution in [0.1, 0.15) is 265 Å². The van der Waals surface area contributed by atoms with Gasteiger partial charge in [-0.3, -0.25) is 9.59 Å². The summed E-state index contributed by atoms with van der Waals surface area (Å²) < 4.78 is 11.3. The van der Waals surface area contributed by atoms with E-state index < -0.39 is 0 Å². The summed E-state index contributed by atoms with van der Waals surface area (Å²) in [5.41, 5.74) is 0. The zero-order chi connectivity index (χ0) is 40.3. The number of carbonyl (C=O) groups is 2. The summed E-state index contributed by atoms with van der Waals surface area (Å²) in [6.07, 6.45) is 45.7. The van der Waals surface area contributed by atoms with Crippen molar-refractivity contribution in [2.75, 3.05) is 26.8 Å². The van der Waals surface area contributed by atoms with Crippen LogP contribution in [0, 0.1) is 17.8 Å². The lowest BCUT2D eigenvalue weighted by atomic mass is 9.91. The maximum Gasteiger partial charge on any atom is 0.305 e. The largest absolute Gasteiger partial charge is 0.466 e. The average Bonchev–Trinajstić information content (AvgIpc) is 3.18. The second-order valence-electron chi connectivity index (χ2n) is 17.5. The minimum atomic E-state index is 0.0205. The Morgan fingerprint density at radius 3 is 0.945 bits per heavy atom. The van der Waals surface area contributed by atoms with Crippen molar-refractivity contribution in [2.45, 2.75) is 265 Å². The van der Waals surface area contributed by atoms with Crippen LogP contribution in [0.15, 0.2) is 0 Å². The standard InChI is InChI=1S/C50H99NO4/c1-6-10-24-32-47(33-25-11-7-2)41-44-54-49(52)38-30-22-18-14-16-20-28-36-46(40-43-51-5)37-29-21-17-15-19-23-31-39-50(53)55-45-42-48(34-26-12-8-3)35-27-13-9-4/h46-48,51H,6-45H2,1-5H3. The lowest BCUT2D eigenvalue weighted by molar-refractivity contribution is -0.145. The van der Waals surface area contributed by atoms with Gasteiger partial charge in [-0.15, -0.1) is 0 Å². The third-order valence-corrected chi connectivity index (χ3v) is 12.2. The Hall–Kier alpha value is -1.10. The maximum atomic E-state index is 12.3. The van der Waals surface area contributed by atoms with Crippen LogP contribution in [-0.4, -0.2) is 38.7 Å². The Balaban J connectivity index is 3.86. The zero-order valence-corrected chi connectivity index (χ0v) is 38.1. The van der Waals surface area contributed by atoms with Gasteiger partial charge in [0.2, 0.25) is 0 Å². The van der Waals surface area contributed by atoms with Crippen LogP contribution in [0.2, 0.25) is 0 Å². The first kappa shape index (κ1) is 53.9. The number of carbonyl (C=O) groups excluding carboxylic acids is 2. The van der Waals surface area contributed by atoms with Crippen molar-refractivity contribution >= 4 is 11.9 Å². The molecular weight excluding hydrogens is 679 g/mol. The van der Waals surface area contributed by atoms with Crippen LogP contribution in [-0.2, 0) is 19.1 Å². The second kappa shape index (κ2) is 44.0. The van der Waals surface area contributed by atoms with Crippen molar-refractivity contribution in [3.63, 3.8) is 0 Å². The van der Waals surface area contributed by atoms with Crippen LogP contribution in [0.3, 0.4) is 0 Å². The monoisotopic (exact) mass is 778 g/mol. The van der Waals surface area contributed by atoms with Crippen LogP contribution in [0.5, 0.6) is 0 Å². The highest BCUT2D eigenvalue weighted by Crippen LogP contribution is 2.24. The van der Waals surface area contributed by atoms with E-state index >= 15 is 0 Å². The summed E-state index contributed by atoms with van der Waals surface area (Å²) in [4.78, 5) is 24.6. The predicted molar refractivity (Wildman–Crippen MR) is 240 cm³/mol. The normalized spacial score (nSPS) is 11.7. The summed E-state index contributed by atoms with van der Waals surface area (Å²) in [5.74, 6) is 2.36. The van der Waals surface area contributed by atoms with Crippen LogP contribution >= 0.6 is 0 Å². The molecule has 55 heavy (non-hydrogen) atoms. The molecule has 0 saturated heterocycles. The molecule has 0 aliphatic heterocycles. The van der Waals surface area contributed by atoms with Crippen molar-refractivity contribution in [2.24, 2.45) is 17.8 Å². The SMILES string of the molecule is CCCCCC(CCCCC)CCOC(=O)CCCCCCCCCC(CCCCCCCCCC(=O)OCCC(CCCCC)CCCCC)CCNC. The third kappa shape index (κ3) is 39.5. The molecule has 0 bridgehead atoms. The quantitative estimate of drug-likeness (QED) is 0.0493. The number of hydrogen-bond donors (Lipinski definition) is 1. The topological polar surface area (TPSA) is 64.6 Å². The van der Waals surface area contributed by atoms with Gasteiger partial charge in [-0.2, -0.15) is 0 Å². The molecule has 0 aromatic carbocycles. The molecule has 0 fully saturated rings. The highest BCUT2D eigenvalue weighted by atomic mass is 16.5. The molecule has 0 aromatic rings. The summed E-state index contributed by atoms with van der Waals surface area (Å²) in [7, 11) is 2.08. The van der Waals surface area contributed by atoms with E-state index in [9.17, 15) is 9.59 Å². The van der Waals surface area contributed by atoms with Crippen molar-refractivity contribution < 1.29 is 19.1 Å². The zero-order valence-electron chi connectivity index (χ0n) is 38.1. The molecule has 5 heteroatoms. The molecule has 0 spiro atoms. The summed E-state index contributed by atoms with van der Waals surface area (Å²) in [6.45, 7) is 11.5. The lowest BCUT2D eigenvalue weighted by Gasteiger charge is -2.17. The van der Waals surface area contributed by atoms with E-state index in [2.05, 4.69) is 40.1 Å². The van der Waals surface area contributed by atoms with Crippen molar-refractivity contribution in [3.05, 3.63) is 0 Å². The average molecular weight is 778 g/mol. The van der Waals surface area contributed by atoms with E-state index in [1.807, 2.05) is 0 Å². The molecule has 328 valence electrons. The molecule has 0 atom stereocenters. The van der Waals surface area contributed by atoms with Crippen LogP contribution in [0.25, 0.3) is 0 Å². The van der Waals surface area contributed by atoms with E-state index in [4.69, 9.17) is 9.47 Å². The second-order valence-corrected chi connectivity index (χ2v) is 17.5. The highest BCUT2D eigenvalue weighted by Gasteiger charge is 2.13. The van der Waals surface area contributed by atoms with Gasteiger partial charge in [-0.25, -0.2) is 0 Å². The number of esters is 2. The van der Waals surface area contributed by atoms with Crippen LogP contribution < -0.4 is 5.32 Å². The smallest absolute Gasteiger partial charge is 0.305 e. The molecule has 0 saturated carbocycles. The van der Waals surface area contributed by atoms with Gasteiger partial charge >= 0.3 is 11.9 Å². The predicted octanol–water partition coefficient (Wildman–Crippen LogP) is 15.7. The Morgan fingerprint density at radius 1 is 0.364 bits per heavy atom. The van der Waals surface area contributed by atoms with E-state index in [0.717, 1.165) is 62.8 Å². The highest BCUT2D eigenvalue weighted by molar-refractivity contribution is 5.69. The van der Waals surface area contributed by atoms with Crippen molar-refractivity contribution in [1.29, 1.82) is 0 Å². The van der Waals surface area contributed by atoms with Crippen molar-refractivity contribution in [3.8, 4) is 0 Å². The summed E-state index contributed by atoms with van der Waals surface area (Å²) >= 11 is 0. The van der Waals surface area contributed by atoms with Gasteiger partial charge < -0.3 is 14.8 Å². The third-order valence-electron chi connectivity index (χ3n) is 12.2. The molecule has 0 amide bonds. The van der Waals surface area contributed by atoms with Gasteiger partial charge in [0, 0.05) is 12.8 Å². The van der Waals surface area contributed by atoms with Gasteiger partial charge in [0.15, 0.2) is 0 Å². The molecule has 1 N–H and O–H groups in total. The summed E-state index contributed by atoms with van der Waals surface area (Å²) in [5, 5.41) is 3.38. The molecule has 0 radical (unpaired) electrons. The molecule has 0 aliphatic rings. The molecule has 0 rings (SSSR count). The Kier molecular flexibility index (Phi) is 43.1. The van der Waals surface area contributed by atoms with E-state index in [1.165, 1.54) is 186 Å². The Labute approximate surface area is 345 Å². The van der Waals surface area contributed by atoms with Gasteiger partial charge in [0.25, 0.3) is 0 Å². The first-order chi connectivity index (χ1) is 27.0. The molecule has 0 aliphatic carbocycles. The number of hydrogen-bond acceptors (Lipinski definition) is 5. The van der Waals surface area contributed by atoms with E-state index in [1.54, 1.807) is 0 Å². The molecule has 0 unspecified atom stereocenters. The maximum absolute atomic E-state index is 12.3. The number of unbranched alkanes of at least 4 members (excludes halogenated alkanes) is 20. The van der Waals surface area contributed by atoms with Gasteiger partial charge in [-0.05, 0) is 63.5 Å². The van der Waals surface area contributed by atoms with E-state index in [-0.39, 0.29) is 11.9 Å². The first-order valence-corrected chi connectivity index (χ1v) is 25.0. The minimum absolute atomic E-state index is 0.0205. The first-order valence-electron chi connectivity index (χ1n) is 25.0. The summed E-state index contributed by atoms with van der Waals surface area (Å²) in [6, 6.07) is 0. The van der Waals surface area contributed by atoms with Crippen molar-refractivity contribution in [1.82, 2.24) is 5.32 Å². The van der Waals surface area contributed by atoms with Gasteiger partial charge in [-0.1, -0.05) is 220 Å². The number of ether oxygens (including phenoxy) is 2. The van der Waals surface area contributed by atoms with E-state index in [0.29, 0.717) is 26.1 Å². The molecular formula is C50H99NO4. The molecule has 0 aromatic heterocycles. The minimum Gasteiger partial charge on any atom is -0.466 e. The molecule has 0 heterocycles. The fourth-order valence-corrected chi connectivity index (χ4v) is 8.38. The number of rotatable bonds is 45. The Bertz CT molecular complexity index is 708.